The van der Waals surface area contributed by atoms with Gasteiger partial charge in [-0.2, -0.15) is 0 Å². The third kappa shape index (κ3) is 1.97. The normalized spacial score (nSPS) is 43.1. The van der Waals surface area contributed by atoms with Crippen molar-refractivity contribution in [2.24, 2.45) is 22.7 Å². The van der Waals surface area contributed by atoms with Gasteiger partial charge in [0, 0.05) is 0 Å². The molecule has 0 saturated heterocycles. The van der Waals surface area contributed by atoms with Gasteiger partial charge < -0.3 is 9.84 Å². The summed E-state index contributed by atoms with van der Waals surface area (Å²) in [6.45, 7) is 6.80. The van der Waals surface area contributed by atoms with Crippen LogP contribution in [0.5, 0.6) is 0 Å². The molecule has 0 heterocycles. The minimum Gasteiger partial charge on any atom is -0.469 e. The summed E-state index contributed by atoms with van der Waals surface area (Å²) in [4.78, 5) is 12.1. The molecule has 2 aliphatic rings. The molecule has 104 valence electrons. The first-order valence-corrected chi connectivity index (χ1v) is 7.09. The summed E-state index contributed by atoms with van der Waals surface area (Å²) < 4.78 is 4.94. The fourth-order valence-corrected chi connectivity index (χ4v) is 4.76. The first-order valence-electron chi connectivity index (χ1n) is 7.09. The molecule has 2 rings (SSSR count). The molecule has 1 N–H and O–H groups in total. The van der Waals surface area contributed by atoms with Crippen LogP contribution in [0.4, 0.5) is 0 Å². The lowest BCUT2D eigenvalue weighted by molar-refractivity contribution is -0.175. The maximum Gasteiger partial charge on any atom is 0.311 e. The van der Waals surface area contributed by atoms with Crippen LogP contribution in [0.1, 0.15) is 52.9 Å². The number of aliphatic hydroxyl groups is 1. The highest BCUT2D eigenvalue weighted by molar-refractivity contribution is 5.74. The van der Waals surface area contributed by atoms with Crippen LogP contribution in [-0.2, 0) is 9.53 Å². The van der Waals surface area contributed by atoms with E-state index in [4.69, 9.17) is 4.74 Å². The average Bonchev–Trinajstić information content (AvgIpc) is 2.26. The highest BCUT2D eigenvalue weighted by atomic mass is 16.5. The summed E-state index contributed by atoms with van der Waals surface area (Å²) in [6, 6.07) is 0. The van der Waals surface area contributed by atoms with Gasteiger partial charge in [0.2, 0.25) is 0 Å². The molecule has 0 aromatic carbocycles. The van der Waals surface area contributed by atoms with Gasteiger partial charge in [-0.1, -0.05) is 27.2 Å². The number of hydrogen-bond donors (Lipinski definition) is 1. The van der Waals surface area contributed by atoms with E-state index in [9.17, 15) is 9.90 Å². The van der Waals surface area contributed by atoms with Crippen LogP contribution < -0.4 is 0 Å². The van der Waals surface area contributed by atoms with E-state index < -0.39 is 6.10 Å². The third-order valence-electron chi connectivity index (χ3n) is 5.58. The van der Waals surface area contributed by atoms with E-state index in [-0.39, 0.29) is 22.7 Å². The van der Waals surface area contributed by atoms with Crippen LogP contribution >= 0.6 is 0 Å². The van der Waals surface area contributed by atoms with Crippen LogP contribution in [0.25, 0.3) is 0 Å². The molecule has 3 nitrogen and oxygen atoms in total. The van der Waals surface area contributed by atoms with Gasteiger partial charge in [0.15, 0.2) is 0 Å². The lowest BCUT2D eigenvalue weighted by atomic mass is 9.48. The van der Waals surface area contributed by atoms with Gasteiger partial charge >= 0.3 is 5.97 Å². The van der Waals surface area contributed by atoms with E-state index >= 15 is 0 Å². The van der Waals surface area contributed by atoms with Gasteiger partial charge in [-0.3, -0.25) is 4.79 Å². The monoisotopic (exact) mass is 254 g/mol. The Morgan fingerprint density at radius 2 is 1.89 bits per heavy atom. The Balaban J connectivity index is 2.37. The number of rotatable bonds is 1. The SMILES string of the molecule is COC(=O)C1C(O)CCC2C(C)(C)CCCC12C. The maximum atomic E-state index is 12.1. The molecule has 0 aromatic rings. The summed E-state index contributed by atoms with van der Waals surface area (Å²) in [5.74, 6) is -0.0699. The first kappa shape index (κ1) is 13.9. The zero-order valence-corrected chi connectivity index (χ0v) is 12.0. The quantitative estimate of drug-likeness (QED) is 0.732. The first-order chi connectivity index (χ1) is 8.33. The molecule has 3 heteroatoms. The van der Waals surface area contributed by atoms with Crippen molar-refractivity contribution in [3.05, 3.63) is 0 Å². The summed E-state index contributed by atoms with van der Waals surface area (Å²) >= 11 is 0. The minimum atomic E-state index is -0.535. The Hall–Kier alpha value is -0.570. The maximum absolute atomic E-state index is 12.1. The standard InChI is InChI=1S/C15H26O3/c1-14(2)8-5-9-15(3)11(14)7-6-10(16)12(15)13(17)18-4/h10-12,16H,5-9H2,1-4H3. The van der Waals surface area contributed by atoms with E-state index in [1.54, 1.807) is 0 Å². The zero-order chi connectivity index (χ0) is 13.6. The van der Waals surface area contributed by atoms with Crippen molar-refractivity contribution >= 4 is 5.97 Å². The van der Waals surface area contributed by atoms with Gasteiger partial charge in [-0.05, 0) is 42.4 Å². The summed E-state index contributed by atoms with van der Waals surface area (Å²) in [6.07, 6.45) is 4.60. The van der Waals surface area contributed by atoms with Crippen molar-refractivity contribution in [3.8, 4) is 0 Å². The third-order valence-corrected chi connectivity index (χ3v) is 5.58. The lowest BCUT2D eigenvalue weighted by Gasteiger charge is -2.57. The Labute approximate surface area is 110 Å². The molecule has 0 bridgehead atoms. The average molecular weight is 254 g/mol. The highest BCUT2D eigenvalue weighted by Gasteiger charge is 2.57. The van der Waals surface area contributed by atoms with Crippen LogP contribution in [0, 0.1) is 22.7 Å². The van der Waals surface area contributed by atoms with Gasteiger partial charge in [0.1, 0.15) is 0 Å². The lowest BCUT2D eigenvalue weighted by Crippen LogP contribution is -2.55. The molecule has 2 aliphatic carbocycles. The molecule has 0 amide bonds. The minimum absolute atomic E-state index is 0.105. The Bertz CT molecular complexity index is 337. The van der Waals surface area contributed by atoms with Gasteiger partial charge in [0.25, 0.3) is 0 Å². The van der Waals surface area contributed by atoms with E-state index in [0.717, 1.165) is 25.7 Å². The summed E-state index contributed by atoms with van der Waals surface area (Å²) in [5.41, 5.74) is 0.159. The van der Waals surface area contributed by atoms with Crippen molar-refractivity contribution in [1.29, 1.82) is 0 Å². The molecule has 2 fully saturated rings. The van der Waals surface area contributed by atoms with Crippen molar-refractivity contribution < 1.29 is 14.6 Å². The number of carbonyl (C=O) groups excluding carboxylic acids is 1. The number of ether oxygens (including phenoxy) is 1. The van der Waals surface area contributed by atoms with E-state index in [1.165, 1.54) is 13.5 Å². The number of methoxy groups -OCH3 is 1. The predicted molar refractivity (Wildman–Crippen MR) is 70.0 cm³/mol. The highest BCUT2D eigenvalue weighted by Crippen LogP contribution is 2.59. The number of carbonyl (C=O) groups is 1. The molecule has 4 unspecified atom stereocenters. The second-order valence-electron chi connectivity index (χ2n) is 7.05. The molecule has 0 aromatic heterocycles. The zero-order valence-electron chi connectivity index (χ0n) is 12.0. The molecule has 0 aliphatic heterocycles. The predicted octanol–water partition coefficient (Wildman–Crippen LogP) is 2.76. The summed E-state index contributed by atoms with van der Waals surface area (Å²) in [5, 5.41) is 10.2. The molecular formula is C15H26O3. The topological polar surface area (TPSA) is 46.5 Å². The fraction of sp³-hybridized carbons (Fsp3) is 0.933. The van der Waals surface area contributed by atoms with Crippen LogP contribution in [0.3, 0.4) is 0 Å². The van der Waals surface area contributed by atoms with E-state index in [2.05, 4.69) is 20.8 Å². The number of fused-ring (bicyclic) bond motifs is 1. The molecule has 0 radical (unpaired) electrons. The Kier molecular flexibility index (Phi) is 3.48. The molecule has 0 spiro atoms. The van der Waals surface area contributed by atoms with Crippen molar-refractivity contribution in [2.75, 3.05) is 7.11 Å². The number of aliphatic hydroxyl groups excluding tert-OH is 1. The van der Waals surface area contributed by atoms with Crippen molar-refractivity contribution in [3.63, 3.8) is 0 Å². The Morgan fingerprint density at radius 3 is 2.50 bits per heavy atom. The van der Waals surface area contributed by atoms with Crippen LogP contribution in [0.2, 0.25) is 0 Å². The number of hydrogen-bond acceptors (Lipinski definition) is 3. The van der Waals surface area contributed by atoms with Gasteiger partial charge in [0.05, 0.1) is 19.1 Å². The van der Waals surface area contributed by atoms with Crippen LogP contribution in [-0.4, -0.2) is 24.3 Å². The molecule has 2 saturated carbocycles. The Morgan fingerprint density at radius 1 is 1.22 bits per heavy atom. The van der Waals surface area contributed by atoms with E-state index in [1.807, 2.05) is 0 Å². The van der Waals surface area contributed by atoms with Gasteiger partial charge in [-0.15, -0.1) is 0 Å². The smallest absolute Gasteiger partial charge is 0.311 e. The van der Waals surface area contributed by atoms with E-state index in [0.29, 0.717) is 5.92 Å². The van der Waals surface area contributed by atoms with Crippen molar-refractivity contribution in [1.82, 2.24) is 0 Å². The second-order valence-corrected chi connectivity index (χ2v) is 7.05. The fourth-order valence-electron chi connectivity index (χ4n) is 4.76. The van der Waals surface area contributed by atoms with Gasteiger partial charge in [-0.25, -0.2) is 0 Å². The summed E-state index contributed by atoms with van der Waals surface area (Å²) in [7, 11) is 1.43. The second kappa shape index (κ2) is 4.52. The molecule has 18 heavy (non-hydrogen) atoms. The molecule has 4 atom stereocenters. The molecular weight excluding hydrogens is 228 g/mol. The van der Waals surface area contributed by atoms with Crippen molar-refractivity contribution in [2.45, 2.75) is 59.0 Å². The largest absolute Gasteiger partial charge is 0.469 e. The van der Waals surface area contributed by atoms with Crippen LogP contribution in [0.15, 0.2) is 0 Å². The number of esters is 1.